The zero-order valence-electron chi connectivity index (χ0n) is 19.0. The van der Waals surface area contributed by atoms with Crippen molar-refractivity contribution < 1.29 is 22.0 Å². The average Bonchev–Trinajstić information content (AvgIpc) is 3.52. The van der Waals surface area contributed by atoms with E-state index in [1.165, 1.54) is 42.3 Å². The number of aromatic nitrogens is 4. The summed E-state index contributed by atoms with van der Waals surface area (Å²) in [5.74, 6) is -1.88. The largest absolute Gasteiger partial charge is 0.363 e. The molecule has 0 bridgehead atoms. The van der Waals surface area contributed by atoms with E-state index in [-0.39, 0.29) is 23.1 Å². The topological polar surface area (TPSA) is 113 Å². The number of halogens is 2. The van der Waals surface area contributed by atoms with Gasteiger partial charge in [0, 0.05) is 37.7 Å². The van der Waals surface area contributed by atoms with Crippen LogP contribution in [0.15, 0.2) is 61.3 Å². The molecule has 5 rings (SSSR count). The second-order valence-corrected chi connectivity index (χ2v) is 9.95. The predicted molar refractivity (Wildman–Crippen MR) is 128 cm³/mol. The standard InChI is InChI=1S/C23H21F2N7O3S/c1-30(22-13-26-8-9-27-22)36(34,35)29-23(33)20-12-28-21-7-5-16(14-32(20)21)31-10-2-3-19(31)17-11-15(24)4-6-18(17)25/h4-9,11-14,19H,2-3,10H2,1H3,(H,29,33)/t19-/m1/s1. The van der Waals surface area contributed by atoms with Gasteiger partial charge in [-0.3, -0.25) is 14.2 Å². The van der Waals surface area contributed by atoms with Gasteiger partial charge in [0.1, 0.15) is 23.0 Å². The van der Waals surface area contributed by atoms with Crippen molar-refractivity contribution in [2.45, 2.75) is 18.9 Å². The maximum absolute atomic E-state index is 14.5. The average molecular weight is 514 g/mol. The van der Waals surface area contributed by atoms with Gasteiger partial charge in [0.2, 0.25) is 0 Å². The minimum Gasteiger partial charge on any atom is -0.363 e. The van der Waals surface area contributed by atoms with Crippen molar-refractivity contribution in [1.29, 1.82) is 0 Å². The van der Waals surface area contributed by atoms with Crippen molar-refractivity contribution in [2.75, 3.05) is 22.8 Å². The van der Waals surface area contributed by atoms with Crippen molar-refractivity contribution in [1.82, 2.24) is 24.1 Å². The second kappa shape index (κ2) is 9.15. The number of imidazole rings is 1. The molecule has 0 radical (unpaired) electrons. The minimum absolute atomic E-state index is 0.0179. The molecule has 1 aliphatic rings. The van der Waals surface area contributed by atoms with Crippen LogP contribution < -0.4 is 13.9 Å². The van der Waals surface area contributed by atoms with Gasteiger partial charge in [-0.2, -0.15) is 8.42 Å². The normalized spacial score (nSPS) is 15.9. The van der Waals surface area contributed by atoms with Gasteiger partial charge in [0.15, 0.2) is 5.82 Å². The summed E-state index contributed by atoms with van der Waals surface area (Å²) in [5.41, 5.74) is 1.31. The third-order valence-electron chi connectivity index (χ3n) is 6.08. The van der Waals surface area contributed by atoms with Gasteiger partial charge in [-0.25, -0.2) is 27.8 Å². The highest BCUT2D eigenvalue weighted by atomic mass is 32.2. The molecule has 0 unspecified atom stereocenters. The summed E-state index contributed by atoms with van der Waals surface area (Å²) in [4.78, 5) is 26.8. The third kappa shape index (κ3) is 4.33. The molecule has 0 spiro atoms. The Morgan fingerprint density at radius 3 is 2.75 bits per heavy atom. The maximum Gasteiger partial charge on any atom is 0.327 e. The Labute approximate surface area is 205 Å². The van der Waals surface area contributed by atoms with Crippen LogP contribution in [0.3, 0.4) is 0 Å². The summed E-state index contributed by atoms with van der Waals surface area (Å²) in [6.07, 6.45) is 8.26. The van der Waals surface area contributed by atoms with E-state index in [2.05, 4.69) is 15.0 Å². The number of nitrogens with one attached hydrogen (secondary N) is 1. The number of nitrogens with zero attached hydrogens (tertiary/aromatic N) is 6. The maximum atomic E-state index is 14.5. The molecule has 1 aromatic carbocycles. The van der Waals surface area contributed by atoms with E-state index in [1.54, 1.807) is 18.3 Å². The van der Waals surface area contributed by atoms with E-state index < -0.39 is 27.8 Å². The van der Waals surface area contributed by atoms with Gasteiger partial charge >= 0.3 is 10.2 Å². The van der Waals surface area contributed by atoms with E-state index in [0.29, 0.717) is 24.3 Å². The molecular weight excluding hydrogens is 492 g/mol. The van der Waals surface area contributed by atoms with Gasteiger partial charge in [-0.1, -0.05) is 0 Å². The van der Waals surface area contributed by atoms with Crippen molar-refractivity contribution in [3.05, 3.63) is 84.2 Å². The van der Waals surface area contributed by atoms with Gasteiger partial charge in [-0.15, -0.1) is 0 Å². The molecule has 1 fully saturated rings. The Kier molecular flexibility index (Phi) is 6.00. The van der Waals surface area contributed by atoms with Crippen LogP contribution >= 0.6 is 0 Å². The summed E-state index contributed by atoms with van der Waals surface area (Å²) in [7, 11) is -3.04. The Balaban J connectivity index is 1.44. The molecule has 13 heteroatoms. The zero-order chi connectivity index (χ0) is 25.4. The summed E-state index contributed by atoms with van der Waals surface area (Å²) >= 11 is 0. The zero-order valence-corrected chi connectivity index (χ0v) is 19.9. The highest BCUT2D eigenvalue weighted by Crippen LogP contribution is 2.37. The molecule has 0 aliphatic carbocycles. The first-order chi connectivity index (χ1) is 17.2. The van der Waals surface area contributed by atoms with E-state index in [0.717, 1.165) is 22.9 Å². The Morgan fingerprint density at radius 1 is 1.14 bits per heavy atom. The number of pyridine rings is 1. The molecular formula is C23H21F2N7O3S. The van der Waals surface area contributed by atoms with E-state index >= 15 is 0 Å². The van der Waals surface area contributed by atoms with Crippen LogP contribution in [0, 0.1) is 11.6 Å². The number of amides is 1. The summed E-state index contributed by atoms with van der Waals surface area (Å²) in [6.45, 7) is 0.597. The van der Waals surface area contributed by atoms with Gasteiger partial charge in [0.05, 0.1) is 24.1 Å². The molecule has 36 heavy (non-hydrogen) atoms. The molecule has 4 heterocycles. The van der Waals surface area contributed by atoms with Crippen LogP contribution in [0.2, 0.25) is 0 Å². The van der Waals surface area contributed by atoms with Crippen LogP contribution in [0.5, 0.6) is 0 Å². The molecule has 0 saturated carbocycles. The monoisotopic (exact) mass is 513 g/mol. The molecule has 1 N–H and O–H groups in total. The highest BCUT2D eigenvalue weighted by Gasteiger charge is 2.30. The predicted octanol–water partition coefficient (Wildman–Crippen LogP) is 2.86. The Morgan fingerprint density at radius 2 is 1.97 bits per heavy atom. The number of benzene rings is 1. The number of hydrogen-bond donors (Lipinski definition) is 1. The van der Waals surface area contributed by atoms with Crippen LogP contribution in [0.4, 0.5) is 20.3 Å². The summed E-state index contributed by atoms with van der Waals surface area (Å²) in [5, 5.41) is 0. The second-order valence-electron chi connectivity index (χ2n) is 8.24. The molecule has 1 amide bonds. The SMILES string of the molecule is CN(c1cnccn1)S(=O)(=O)NC(=O)c1cnc2ccc(N3CCC[C@@H]3c3cc(F)ccc3F)cn12. The first-order valence-electron chi connectivity index (χ1n) is 11.0. The molecule has 4 aromatic rings. The quantitative estimate of drug-likeness (QED) is 0.422. The number of carbonyl (C=O) groups is 1. The van der Waals surface area contributed by atoms with Crippen LogP contribution in [0.25, 0.3) is 5.65 Å². The number of carbonyl (C=O) groups excluding carboxylic acids is 1. The fourth-order valence-corrected chi connectivity index (χ4v) is 5.11. The Hall–Kier alpha value is -4.13. The molecule has 186 valence electrons. The number of hydrogen-bond acceptors (Lipinski definition) is 7. The number of rotatable bonds is 6. The van der Waals surface area contributed by atoms with Gasteiger partial charge in [-0.05, 0) is 43.2 Å². The third-order valence-corrected chi connectivity index (χ3v) is 7.43. The smallest absolute Gasteiger partial charge is 0.327 e. The van der Waals surface area contributed by atoms with Crippen molar-refractivity contribution in [3.63, 3.8) is 0 Å². The Bertz CT molecular complexity index is 1550. The molecule has 1 aliphatic heterocycles. The fourth-order valence-electron chi connectivity index (χ4n) is 4.29. The molecule has 3 aromatic heterocycles. The van der Waals surface area contributed by atoms with E-state index in [9.17, 15) is 22.0 Å². The minimum atomic E-state index is -4.28. The van der Waals surface area contributed by atoms with Gasteiger partial charge < -0.3 is 4.90 Å². The molecule has 1 saturated heterocycles. The number of anilines is 2. The molecule has 10 nitrogen and oxygen atoms in total. The van der Waals surface area contributed by atoms with E-state index in [1.807, 2.05) is 9.62 Å². The lowest BCUT2D eigenvalue weighted by molar-refractivity contribution is 0.0975. The lowest BCUT2D eigenvalue weighted by atomic mass is 10.0. The summed E-state index contributed by atoms with van der Waals surface area (Å²) < 4.78 is 58.1. The van der Waals surface area contributed by atoms with Crippen molar-refractivity contribution in [3.8, 4) is 0 Å². The highest BCUT2D eigenvalue weighted by molar-refractivity contribution is 7.91. The lowest BCUT2D eigenvalue weighted by Crippen LogP contribution is -2.42. The summed E-state index contributed by atoms with van der Waals surface area (Å²) in [6, 6.07) is 6.45. The lowest BCUT2D eigenvalue weighted by Gasteiger charge is -2.27. The first kappa shape index (κ1) is 23.6. The fraction of sp³-hybridized carbons (Fsp3) is 0.217. The van der Waals surface area contributed by atoms with Crippen molar-refractivity contribution >= 4 is 33.3 Å². The van der Waals surface area contributed by atoms with Crippen LogP contribution in [-0.4, -0.2) is 47.3 Å². The van der Waals surface area contributed by atoms with E-state index in [4.69, 9.17) is 0 Å². The van der Waals surface area contributed by atoms with Crippen molar-refractivity contribution in [2.24, 2.45) is 0 Å². The number of fused-ring (bicyclic) bond motifs is 1. The van der Waals surface area contributed by atoms with Gasteiger partial charge in [0.25, 0.3) is 5.91 Å². The molecule has 1 atom stereocenters. The van der Waals surface area contributed by atoms with Crippen LogP contribution in [-0.2, 0) is 10.2 Å². The first-order valence-corrected chi connectivity index (χ1v) is 12.4. The van der Waals surface area contributed by atoms with Crippen LogP contribution in [0.1, 0.15) is 34.9 Å².